The summed E-state index contributed by atoms with van der Waals surface area (Å²) in [5.74, 6) is -2.96. The number of nitrogens with one attached hydrogen (secondary N) is 1. The van der Waals surface area contributed by atoms with Crippen LogP contribution in [0.1, 0.15) is 18.9 Å². The largest absolute Gasteiger partial charge is 0.492 e. The zero-order valence-electron chi connectivity index (χ0n) is 9.22. The van der Waals surface area contributed by atoms with Gasteiger partial charge in [-0.25, -0.2) is 13.2 Å². The number of H-pyrrole nitrogens is 1. The third-order valence-electron chi connectivity index (χ3n) is 2.87. The zero-order chi connectivity index (χ0) is 13.5. The summed E-state index contributed by atoms with van der Waals surface area (Å²) in [6.07, 6.45) is 0.637. The van der Waals surface area contributed by atoms with E-state index in [0.29, 0.717) is 17.4 Å². The van der Waals surface area contributed by atoms with E-state index in [0.717, 1.165) is 0 Å². The highest BCUT2D eigenvalue weighted by Gasteiger charge is 2.29. The monoisotopic (exact) mass is 278 g/mol. The molecule has 0 saturated carbocycles. The summed E-state index contributed by atoms with van der Waals surface area (Å²) in [6.45, 7) is 0. The fourth-order valence-electron chi connectivity index (χ4n) is 2.06. The maximum atomic E-state index is 13.2. The highest BCUT2D eigenvalue weighted by molar-refractivity contribution is 7.91. The number of aromatic nitrogens is 2. The predicted octanol–water partition coefficient (Wildman–Crippen LogP) is -0.869. The molecule has 0 spiro atoms. The maximum Gasteiger partial charge on any atom is 0.331 e. The van der Waals surface area contributed by atoms with Gasteiger partial charge in [-0.1, -0.05) is 0 Å². The fraction of sp³-hybridized carbons (Fsp3) is 0.556. The van der Waals surface area contributed by atoms with E-state index >= 15 is 0 Å². The molecule has 7 nitrogen and oxygen atoms in total. The van der Waals surface area contributed by atoms with E-state index in [2.05, 4.69) is 0 Å². The lowest BCUT2D eigenvalue weighted by Gasteiger charge is -2.24. The second-order valence-corrected chi connectivity index (χ2v) is 6.41. The predicted molar refractivity (Wildman–Crippen MR) is 59.9 cm³/mol. The summed E-state index contributed by atoms with van der Waals surface area (Å²) in [5.41, 5.74) is -2.34. The van der Waals surface area contributed by atoms with Crippen molar-refractivity contribution >= 4 is 9.84 Å². The summed E-state index contributed by atoms with van der Waals surface area (Å²) in [4.78, 5) is 24.1. The summed E-state index contributed by atoms with van der Waals surface area (Å²) in [5, 5.41) is 9.45. The minimum absolute atomic E-state index is 0.00481. The molecule has 1 unspecified atom stereocenters. The first-order valence-corrected chi connectivity index (χ1v) is 7.07. The molecule has 9 heteroatoms. The number of hydrogen-bond acceptors (Lipinski definition) is 5. The molecule has 18 heavy (non-hydrogen) atoms. The topological polar surface area (TPSA) is 109 Å². The van der Waals surface area contributed by atoms with Crippen LogP contribution in [0.2, 0.25) is 0 Å². The molecule has 2 N–H and O–H groups in total. The van der Waals surface area contributed by atoms with E-state index in [1.807, 2.05) is 0 Å². The minimum Gasteiger partial charge on any atom is -0.492 e. The van der Waals surface area contributed by atoms with Gasteiger partial charge in [0.05, 0.1) is 17.5 Å². The molecule has 1 aliphatic heterocycles. The third kappa shape index (κ3) is 2.17. The van der Waals surface area contributed by atoms with Crippen LogP contribution in [0.15, 0.2) is 9.59 Å². The van der Waals surface area contributed by atoms with Gasteiger partial charge in [0, 0.05) is 0 Å². The first-order valence-electron chi connectivity index (χ1n) is 5.25. The number of aromatic hydroxyl groups is 1. The standard InChI is InChI=1S/C9H11FN2O5S/c10-6-7(13)11-9(15)12(8(6)14)5-2-1-3-18(16,17)4-5/h5,14H,1-4H2,(H,11,13,15). The summed E-state index contributed by atoms with van der Waals surface area (Å²) in [6, 6.07) is -0.859. The van der Waals surface area contributed by atoms with Gasteiger partial charge >= 0.3 is 5.69 Å². The normalized spacial score (nSPS) is 22.8. The smallest absolute Gasteiger partial charge is 0.331 e. The molecular weight excluding hydrogens is 267 g/mol. The lowest BCUT2D eigenvalue weighted by atomic mass is 10.2. The summed E-state index contributed by atoms with van der Waals surface area (Å²) in [7, 11) is -3.32. The van der Waals surface area contributed by atoms with Crippen molar-refractivity contribution in [1.29, 1.82) is 0 Å². The lowest BCUT2D eigenvalue weighted by molar-refractivity contribution is 0.327. The average molecular weight is 278 g/mol. The highest BCUT2D eigenvalue weighted by atomic mass is 32.2. The molecule has 2 rings (SSSR count). The Morgan fingerprint density at radius 1 is 1.39 bits per heavy atom. The Morgan fingerprint density at radius 3 is 2.67 bits per heavy atom. The van der Waals surface area contributed by atoms with Crippen LogP contribution < -0.4 is 11.2 Å². The van der Waals surface area contributed by atoms with Gasteiger partial charge in [-0.05, 0) is 12.8 Å². The lowest BCUT2D eigenvalue weighted by Crippen LogP contribution is -2.38. The van der Waals surface area contributed by atoms with E-state index in [4.69, 9.17) is 0 Å². The van der Waals surface area contributed by atoms with Gasteiger partial charge in [0.1, 0.15) is 0 Å². The zero-order valence-corrected chi connectivity index (χ0v) is 10.0. The van der Waals surface area contributed by atoms with Gasteiger partial charge in [-0.2, -0.15) is 4.39 Å². The molecule has 1 aromatic rings. The minimum atomic E-state index is -3.32. The number of hydrogen-bond donors (Lipinski definition) is 2. The van der Waals surface area contributed by atoms with Gasteiger partial charge in [0.25, 0.3) is 5.56 Å². The molecule has 0 aromatic carbocycles. The Kier molecular flexibility index (Phi) is 3.01. The number of sulfone groups is 1. The van der Waals surface area contributed by atoms with Crippen molar-refractivity contribution in [2.24, 2.45) is 0 Å². The third-order valence-corrected chi connectivity index (χ3v) is 4.67. The van der Waals surface area contributed by atoms with Crippen LogP contribution in [0.5, 0.6) is 5.88 Å². The van der Waals surface area contributed by atoms with Crippen LogP contribution >= 0.6 is 0 Å². The molecule has 2 heterocycles. The molecular formula is C9H11FN2O5S. The van der Waals surface area contributed by atoms with Crippen molar-refractivity contribution in [1.82, 2.24) is 9.55 Å². The van der Waals surface area contributed by atoms with Crippen molar-refractivity contribution in [3.05, 3.63) is 26.7 Å². The van der Waals surface area contributed by atoms with E-state index in [1.54, 1.807) is 4.98 Å². The first-order chi connectivity index (χ1) is 8.32. The van der Waals surface area contributed by atoms with Crippen molar-refractivity contribution < 1.29 is 17.9 Å². The van der Waals surface area contributed by atoms with Gasteiger partial charge in [-0.3, -0.25) is 14.3 Å². The molecule has 1 atom stereocenters. The Balaban J connectivity index is 2.56. The van der Waals surface area contributed by atoms with Crippen LogP contribution in [0.3, 0.4) is 0 Å². The van der Waals surface area contributed by atoms with E-state index in [-0.39, 0.29) is 11.5 Å². The first kappa shape index (κ1) is 12.8. The second-order valence-electron chi connectivity index (χ2n) is 4.18. The Morgan fingerprint density at radius 2 is 2.06 bits per heavy atom. The molecule has 0 bridgehead atoms. The maximum absolute atomic E-state index is 13.2. The molecule has 0 amide bonds. The molecule has 0 aliphatic carbocycles. The second kappa shape index (κ2) is 4.23. The quantitative estimate of drug-likeness (QED) is 0.694. The Bertz CT molecular complexity index is 690. The van der Waals surface area contributed by atoms with Crippen molar-refractivity contribution in [2.75, 3.05) is 11.5 Å². The molecule has 100 valence electrons. The highest BCUT2D eigenvalue weighted by Crippen LogP contribution is 2.25. The van der Waals surface area contributed by atoms with Crippen LogP contribution in [0.4, 0.5) is 4.39 Å². The molecule has 1 fully saturated rings. The summed E-state index contributed by atoms with van der Waals surface area (Å²) < 4.78 is 36.7. The van der Waals surface area contributed by atoms with Crippen molar-refractivity contribution in [2.45, 2.75) is 18.9 Å². The number of nitrogens with zero attached hydrogens (tertiary/aromatic N) is 1. The molecule has 1 aromatic heterocycles. The van der Waals surface area contributed by atoms with Crippen LogP contribution in [0, 0.1) is 5.82 Å². The number of aromatic amines is 1. The Labute approximate surface area is 101 Å². The molecule has 0 radical (unpaired) electrons. The SMILES string of the molecule is O=c1[nH]c(=O)n(C2CCCS(=O)(=O)C2)c(O)c1F. The van der Waals surface area contributed by atoms with Gasteiger partial charge in [0.2, 0.25) is 11.7 Å². The van der Waals surface area contributed by atoms with E-state index in [1.165, 1.54) is 0 Å². The fourth-order valence-corrected chi connectivity index (χ4v) is 3.73. The average Bonchev–Trinajstić information content (AvgIpc) is 2.25. The summed E-state index contributed by atoms with van der Waals surface area (Å²) >= 11 is 0. The van der Waals surface area contributed by atoms with Gasteiger partial charge < -0.3 is 5.11 Å². The van der Waals surface area contributed by atoms with Crippen LogP contribution in [0.25, 0.3) is 0 Å². The van der Waals surface area contributed by atoms with E-state index in [9.17, 15) is 27.5 Å². The number of rotatable bonds is 1. The molecule has 1 saturated heterocycles. The van der Waals surface area contributed by atoms with Crippen molar-refractivity contribution in [3.8, 4) is 5.88 Å². The Hall–Kier alpha value is -1.64. The molecule has 1 aliphatic rings. The van der Waals surface area contributed by atoms with Crippen molar-refractivity contribution in [3.63, 3.8) is 0 Å². The van der Waals surface area contributed by atoms with Crippen LogP contribution in [-0.4, -0.2) is 34.6 Å². The van der Waals surface area contributed by atoms with Crippen LogP contribution in [-0.2, 0) is 9.84 Å². The van der Waals surface area contributed by atoms with Gasteiger partial charge in [-0.15, -0.1) is 0 Å². The van der Waals surface area contributed by atoms with E-state index < -0.39 is 38.8 Å². The number of halogens is 1. The van der Waals surface area contributed by atoms with Gasteiger partial charge in [0.15, 0.2) is 9.84 Å².